The minimum Gasteiger partial charge on any atom is -0.490 e. The maximum absolute atomic E-state index is 12.6. The Morgan fingerprint density at radius 1 is 1.41 bits per heavy atom. The number of aromatic nitrogens is 3. The molecule has 9 heteroatoms. The first-order valence-corrected chi connectivity index (χ1v) is 9.86. The summed E-state index contributed by atoms with van der Waals surface area (Å²) in [5.74, 6) is 1.38. The molecule has 1 amide bonds. The largest absolute Gasteiger partial charge is 0.490 e. The lowest BCUT2D eigenvalue weighted by atomic mass is 10.2. The first-order valence-electron chi connectivity index (χ1n) is 9.08. The molecule has 0 aliphatic heterocycles. The molecule has 0 atom stereocenters. The predicted octanol–water partition coefficient (Wildman–Crippen LogP) is 4.05. The second-order valence-corrected chi connectivity index (χ2v) is 7.09. The highest BCUT2D eigenvalue weighted by Crippen LogP contribution is 2.37. The van der Waals surface area contributed by atoms with Crippen LogP contribution in [0.15, 0.2) is 12.1 Å². The van der Waals surface area contributed by atoms with Crippen LogP contribution in [0.4, 0.5) is 0 Å². The molecule has 3 rings (SSSR count). The maximum Gasteiger partial charge on any atom is 0.251 e. The van der Waals surface area contributed by atoms with Crippen LogP contribution in [0.3, 0.4) is 0 Å². The molecule has 146 valence electrons. The van der Waals surface area contributed by atoms with Gasteiger partial charge in [-0.3, -0.25) is 14.5 Å². The number of hydrogen-bond donors (Lipinski definition) is 2. The van der Waals surface area contributed by atoms with Gasteiger partial charge in [-0.2, -0.15) is 5.10 Å². The number of aromatic amines is 1. The minimum absolute atomic E-state index is 0.267. The molecule has 0 unspecified atom stereocenters. The lowest BCUT2D eigenvalue weighted by molar-refractivity contribution is 0.0949. The predicted molar refractivity (Wildman–Crippen MR) is 105 cm³/mol. The van der Waals surface area contributed by atoms with Crippen LogP contribution in [0.1, 0.15) is 55.3 Å². The quantitative estimate of drug-likeness (QED) is 0.609. The van der Waals surface area contributed by atoms with E-state index in [1.165, 1.54) is 0 Å². The zero-order chi connectivity index (χ0) is 19.4. The number of ether oxygens (including phenoxy) is 2. The Bertz CT molecular complexity index is 876. The molecule has 1 aliphatic carbocycles. The van der Waals surface area contributed by atoms with Crippen molar-refractivity contribution < 1.29 is 14.3 Å². The van der Waals surface area contributed by atoms with Gasteiger partial charge >= 0.3 is 0 Å². The lowest BCUT2D eigenvalue weighted by Gasteiger charge is -2.15. The third-order valence-corrected chi connectivity index (χ3v) is 4.69. The summed E-state index contributed by atoms with van der Waals surface area (Å²) in [5, 5.41) is 10.2. The van der Waals surface area contributed by atoms with Gasteiger partial charge in [0.2, 0.25) is 0 Å². The number of amides is 1. The number of hydrogen-bond acceptors (Lipinski definition) is 5. The van der Waals surface area contributed by atoms with E-state index in [4.69, 9.17) is 33.3 Å². The molecular formula is C18H23ClN4O3S. The zero-order valence-corrected chi connectivity index (χ0v) is 17.0. The molecule has 1 saturated carbocycles. The normalized spacial score (nSPS) is 13.4. The van der Waals surface area contributed by atoms with Crippen molar-refractivity contribution >= 4 is 29.7 Å². The fourth-order valence-electron chi connectivity index (χ4n) is 2.74. The zero-order valence-electron chi connectivity index (χ0n) is 15.4. The van der Waals surface area contributed by atoms with Gasteiger partial charge in [0.1, 0.15) is 0 Å². The van der Waals surface area contributed by atoms with E-state index >= 15 is 0 Å². The van der Waals surface area contributed by atoms with Crippen molar-refractivity contribution in [3.8, 4) is 11.5 Å². The average Bonchev–Trinajstić information content (AvgIpc) is 3.41. The molecule has 0 saturated heterocycles. The third-order valence-electron chi connectivity index (χ3n) is 4.12. The third kappa shape index (κ3) is 4.62. The van der Waals surface area contributed by atoms with Crippen molar-refractivity contribution in [1.29, 1.82) is 0 Å². The number of benzene rings is 1. The molecule has 1 aliphatic rings. The fraction of sp³-hybridized carbons (Fsp3) is 0.500. The maximum atomic E-state index is 12.6. The Kier molecular flexibility index (Phi) is 6.38. The Labute approximate surface area is 168 Å². The van der Waals surface area contributed by atoms with Gasteiger partial charge < -0.3 is 14.8 Å². The number of carbonyl (C=O) groups excluding carboxylic acids is 1. The van der Waals surface area contributed by atoms with Crippen molar-refractivity contribution in [2.24, 2.45) is 0 Å². The summed E-state index contributed by atoms with van der Waals surface area (Å²) in [6.07, 6.45) is 3.02. The Balaban J connectivity index is 1.75. The molecule has 1 heterocycles. The van der Waals surface area contributed by atoms with Crippen LogP contribution in [0.5, 0.6) is 11.5 Å². The first kappa shape index (κ1) is 19.7. The highest BCUT2D eigenvalue weighted by molar-refractivity contribution is 7.71. The molecule has 0 bridgehead atoms. The summed E-state index contributed by atoms with van der Waals surface area (Å²) < 4.78 is 13.8. The summed E-state index contributed by atoms with van der Waals surface area (Å²) in [5.41, 5.74) is 0.402. The smallest absolute Gasteiger partial charge is 0.251 e. The van der Waals surface area contributed by atoms with Crippen LogP contribution in [0.2, 0.25) is 5.02 Å². The molecule has 2 aromatic rings. The minimum atomic E-state index is -0.267. The molecule has 1 aromatic carbocycles. The second-order valence-electron chi connectivity index (χ2n) is 6.30. The number of rotatable bonds is 9. The summed E-state index contributed by atoms with van der Waals surface area (Å²) in [6, 6.07) is 3.62. The summed E-state index contributed by atoms with van der Waals surface area (Å²) in [6.45, 7) is 5.12. The fourth-order valence-corrected chi connectivity index (χ4v) is 3.30. The number of nitrogens with one attached hydrogen (secondary N) is 2. The van der Waals surface area contributed by atoms with Crippen LogP contribution in [-0.4, -0.2) is 33.9 Å². The monoisotopic (exact) mass is 410 g/mol. The summed E-state index contributed by atoms with van der Waals surface area (Å²) in [7, 11) is 0. The Morgan fingerprint density at radius 2 is 2.19 bits per heavy atom. The van der Waals surface area contributed by atoms with Crippen LogP contribution in [-0.2, 0) is 6.54 Å². The van der Waals surface area contributed by atoms with Crippen LogP contribution >= 0.6 is 23.8 Å². The van der Waals surface area contributed by atoms with Gasteiger partial charge in [-0.1, -0.05) is 18.5 Å². The highest BCUT2D eigenvalue weighted by Gasteiger charge is 2.27. The van der Waals surface area contributed by atoms with Crippen LogP contribution in [0, 0.1) is 4.77 Å². The Morgan fingerprint density at radius 3 is 2.85 bits per heavy atom. The van der Waals surface area contributed by atoms with Gasteiger partial charge in [0, 0.05) is 11.6 Å². The van der Waals surface area contributed by atoms with E-state index in [9.17, 15) is 4.79 Å². The molecule has 1 fully saturated rings. The van der Waals surface area contributed by atoms with Gasteiger partial charge in [0.25, 0.3) is 5.91 Å². The number of H-pyrrole nitrogens is 1. The molecule has 7 nitrogen and oxygen atoms in total. The van der Waals surface area contributed by atoms with Crippen molar-refractivity contribution in [2.45, 2.75) is 45.7 Å². The molecule has 0 spiro atoms. The van der Waals surface area contributed by atoms with Crippen molar-refractivity contribution in [3.63, 3.8) is 0 Å². The molecule has 0 radical (unpaired) electrons. The van der Waals surface area contributed by atoms with E-state index < -0.39 is 0 Å². The molecule has 2 N–H and O–H groups in total. The van der Waals surface area contributed by atoms with Crippen molar-refractivity contribution in [3.05, 3.63) is 33.3 Å². The molecule has 1 aromatic heterocycles. The van der Waals surface area contributed by atoms with Crippen LogP contribution < -0.4 is 14.8 Å². The highest BCUT2D eigenvalue weighted by atomic mass is 35.5. The summed E-state index contributed by atoms with van der Waals surface area (Å²) in [4.78, 5) is 12.6. The molecule has 27 heavy (non-hydrogen) atoms. The average molecular weight is 411 g/mol. The van der Waals surface area contributed by atoms with E-state index in [0.717, 1.165) is 25.1 Å². The van der Waals surface area contributed by atoms with Gasteiger partial charge in [-0.05, 0) is 50.5 Å². The SMILES string of the molecule is CCCOc1c(Cl)cc(C(=O)NCc2n[nH]c(=S)n2C2CC2)cc1OCC. The summed E-state index contributed by atoms with van der Waals surface area (Å²) >= 11 is 11.6. The van der Waals surface area contributed by atoms with Gasteiger partial charge in [0.05, 0.1) is 24.8 Å². The second kappa shape index (κ2) is 8.75. The van der Waals surface area contributed by atoms with Crippen LogP contribution in [0.25, 0.3) is 0 Å². The number of halogens is 1. The van der Waals surface area contributed by atoms with Gasteiger partial charge in [-0.15, -0.1) is 0 Å². The first-order chi connectivity index (χ1) is 13.0. The number of nitrogens with zero attached hydrogens (tertiary/aromatic N) is 2. The Hall–Kier alpha value is -2.06. The van der Waals surface area contributed by atoms with Crippen molar-refractivity contribution in [2.75, 3.05) is 13.2 Å². The molecular weight excluding hydrogens is 388 g/mol. The topological polar surface area (TPSA) is 81.2 Å². The standard InChI is InChI=1S/C18H23ClN4O3S/c1-3-7-26-16-13(19)8-11(9-14(16)25-4-2)17(24)20-10-15-21-22-18(27)23(15)12-5-6-12/h8-9,12H,3-7,10H2,1-2H3,(H,20,24)(H,22,27). The van der Waals surface area contributed by atoms with E-state index in [1.807, 2.05) is 18.4 Å². The number of carbonyl (C=O) groups is 1. The van der Waals surface area contributed by atoms with E-state index in [1.54, 1.807) is 12.1 Å². The van der Waals surface area contributed by atoms with E-state index in [2.05, 4.69) is 15.5 Å². The van der Waals surface area contributed by atoms with Crippen molar-refractivity contribution in [1.82, 2.24) is 20.1 Å². The van der Waals surface area contributed by atoms with E-state index in [0.29, 0.717) is 46.1 Å². The van der Waals surface area contributed by atoms with Gasteiger partial charge in [-0.25, -0.2) is 0 Å². The van der Waals surface area contributed by atoms with E-state index in [-0.39, 0.29) is 12.5 Å². The lowest BCUT2D eigenvalue weighted by Crippen LogP contribution is -2.25. The van der Waals surface area contributed by atoms with Gasteiger partial charge in [0.15, 0.2) is 22.1 Å².